The molecule has 0 bridgehead atoms. The molecule has 0 radical (unpaired) electrons. The van der Waals surface area contributed by atoms with Crippen molar-refractivity contribution in [3.05, 3.63) is 46.7 Å². The van der Waals surface area contributed by atoms with E-state index in [1.807, 2.05) is 24.3 Å². The summed E-state index contributed by atoms with van der Waals surface area (Å²) in [4.78, 5) is 0. The lowest BCUT2D eigenvalue weighted by Gasteiger charge is -2.43. The molecular weight excluding hydrogens is 388 g/mol. The maximum absolute atomic E-state index is 10.1. The van der Waals surface area contributed by atoms with Gasteiger partial charge in [0.2, 0.25) is 0 Å². The third-order valence-corrected chi connectivity index (χ3v) is 6.35. The second-order valence-electron chi connectivity index (χ2n) is 8.07. The second kappa shape index (κ2) is 9.59. The van der Waals surface area contributed by atoms with Gasteiger partial charge in [0.15, 0.2) is 16.9 Å². The van der Waals surface area contributed by atoms with Gasteiger partial charge in [-0.3, -0.25) is 0 Å². The van der Waals surface area contributed by atoms with Gasteiger partial charge in [-0.1, -0.05) is 31.9 Å². The van der Waals surface area contributed by atoms with Crippen molar-refractivity contribution in [1.29, 1.82) is 15.8 Å². The van der Waals surface area contributed by atoms with Crippen molar-refractivity contribution in [2.75, 3.05) is 13.7 Å². The molecule has 6 heteroatoms. The van der Waals surface area contributed by atoms with Crippen LogP contribution in [0.5, 0.6) is 11.5 Å². The Bertz CT molecular complexity index is 1010. The molecule has 0 fully saturated rings. The monoisotopic (exact) mass is 416 g/mol. The van der Waals surface area contributed by atoms with Gasteiger partial charge in [0.05, 0.1) is 37.1 Å². The number of hydrogen-bond donors (Lipinski definition) is 1. The van der Waals surface area contributed by atoms with Crippen LogP contribution in [0.3, 0.4) is 0 Å². The van der Waals surface area contributed by atoms with E-state index in [0.717, 1.165) is 49.7 Å². The summed E-state index contributed by atoms with van der Waals surface area (Å²) < 4.78 is 11.5. The molecule has 0 saturated carbocycles. The zero-order valence-electron chi connectivity index (χ0n) is 18.1. The summed E-state index contributed by atoms with van der Waals surface area (Å²) in [6, 6.07) is 12.1. The number of methoxy groups -OCH3 is 1. The van der Waals surface area contributed by atoms with Crippen LogP contribution >= 0.6 is 0 Å². The van der Waals surface area contributed by atoms with Crippen molar-refractivity contribution >= 4 is 0 Å². The normalized spacial score (nSPS) is 21.7. The summed E-state index contributed by atoms with van der Waals surface area (Å²) >= 11 is 0. The van der Waals surface area contributed by atoms with Crippen LogP contribution in [0.15, 0.2) is 41.1 Å². The van der Waals surface area contributed by atoms with E-state index in [0.29, 0.717) is 18.1 Å². The lowest BCUT2D eigenvalue weighted by atomic mass is 9.57. The van der Waals surface area contributed by atoms with Gasteiger partial charge in [-0.15, -0.1) is 0 Å². The standard InChI is InChI=1S/C25H28N4O2/c1-3-4-7-12-31-21-11-10-17(13-22(21)30-2)23-19-9-6-5-8-18(19)20(14-26)24(29)25(23,15-27)16-28/h8,10-11,13,19,23H,3-7,9,12,29H2,1-2H3/t19-,23+/m1/s1. The number of nitrogens with two attached hydrogens (primary N) is 1. The number of benzene rings is 1. The molecule has 2 N–H and O–H groups in total. The van der Waals surface area contributed by atoms with Crippen molar-refractivity contribution in [2.45, 2.75) is 51.4 Å². The van der Waals surface area contributed by atoms with E-state index in [1.54, 1.807) is 7.11 Å². The highest BCUT2D eigenvalue weighted by Gasteiger charge is 2.53. The number of fused-ring (bicyclic) bond motifs is 1. The number of nitriles is 3. The average Bonchev–Trinajstić information content (AvgIpc) is 2.81. The van der Waals surface area contributed by atoms with Crippen LogP contribution in [0.1, 0.15) is 56.9 Å². The molecule has 1 aromatic carbocycles. The Morgan fingerprint density at radius 3 is 2.58 bits per heavy atom. The molecule has 0 heterocycles. The van der Waals surface area contributed by atoms with Gasteiger partial charge in [0, 0.05) is 5.92 Å². The maximum atomic E-state index is 10.1. The average molecular weight is 417 g/mol. The summed E-state index contributed by atoms with van der Waals surface area (Å²) in [5.41, 5.74) is 6.70. The summed E-state index contributed by atoms with van der Waals surface area (Å²) in [5.74, 6) is 0.581. The van der Waals surface area contributed by atoms with Crippen LogP contribution in [0, 0.1) is 45.3 Å². The molecule has 2 atom stereocenters. The van der Waals surface area contributed by atoms with Crippen molar-refractivity contribution in [3.63, 3.8) is 0 Å². The van der Waals surface area contributed by atoms with Crippen LogP contribution in [0.25, 0.3) is 0 Å². The number of unbranched alkanes of at least 4 members (excludes halogenated alkanes) is 2. The molecular formula is C25H28N4O2. The highest BCUT2D eigenvalue weighted by atomic mass is 16.5. The van der Waals surface area contributed by atoms with Crippen molar-refractivity contribution in [3.8, 4) is 29.7 Å². The van der Waals surface area contributed by atoms with E-state index < -0.39 is 11.3 Å². The van der Waals surface area contributed by atoms with Crippen LogP contribution in [-0.4, -0.2) is 13.7 Å². The molecule has 3 rings (SSSR count). The molecule has 0 saturated heterocycles. The maximum Gasteiger partial charge on any atom is 0.191 e. The van der Waals surface area contributed by atoms with Crippen molar-refractivity contribution in [2.24, 2.45) is 17.1 Å². The van der Waals surface area contributed by atoms with Gasteiger partial charge in [0.1, 0.15) is 6.07 Å². The predicted octanol–water partition coefficient (Wildman–Crippen LogP) is 4.86. The van der Waals surface area contributed by atoms with Crippen LogP contribution in [0.2, 0.25) is 0 Å². The SMILES string of the molecule is CCCCCOc1ccc([C@H]2[C@@H]3CCCC=C3C(C#N)=C(N)C2(C#N)C#N)cc1OC. The number of rotatable bonds is 7. The van der Waals surface area contributed by atoms with Gasteiger partial charge in [0.25, 0.3) is 0 Å². The Morgan fingerprint density at radius 2 is 1.94 bits per heavy atom. The summed E-state index contributed by atoms with van der Waals surface area (Å²) in [6.07, 6.45) is 7.79. The van der Waals surface area contributed by atoms with Gasteiger partial charge in [-0.05, 0) is 54.9 Å². The topological polar surface area (TPSA) is 116 Å². The molecule has 2 aliphatic carbocycles. The van der Waals surface area contributed by atoms with E-state index in [1.165, 1.54) is 0 Å². The van der Waals surface area contributed by atoms with Crippen LogP contribution < -0.4 is 15.2 Å². The van der Waals surface area contributed by atoms with Crippen LogP contribution in [0.4, 0.5) is 0 Å². The quantitative estimate of drug-likeness (QED) is 0.635. The molecule has 2 aliphatic rings. The van der Waals surface area contributed by atoms with Crippen molar-refractivity contribution in [1.82, 2.24) is 0 Å². The Morgan fingerprint density at radius 1 is 1.16 bits per heavy atom. The molecule has 0 aliphatic heterocycles. The first kappa shape index (κ1) is 22.3. The minimum atomic E-state index is -1.61. The molecule has 31 heavy (non-hydrogen) atoms. The molecule has 6 nitrogen and oxygen atoms in total. The molecule has 0 spiro atoms. The summed E-state index contributed by atoms with van der Waals surface area (Å²) in [5, 5.41) is 30.0. The Balaban J connectivity index is 2.10. The van der Waals surface area contributed by atoms with E-state index in [4.69, 9.17) is 15.2 Å². The molecule has 0 amide bonds. The third-order valence-electron chi connectivity index (χ3n) is 6.35. The predicted molar refractivity (Wildman–Crippen MR) is 117 cm³/mol. The fourth-order valence-corrected chi connectivity index (χ4v) is 4.78. The number of hydrogen-bond acceptors (Lipinski definition) is 6. The zero-order chi connectivity index (χ0) is 22.4. The number of ether oxygens (including phenoxy) is 2. The fraction of sp³-hybridized carbons (Fsp3) is 0.480. The van der Waals surface area contributed by atoms with E-state index in [-0.39, 0.29) is 17.2 Å². The van der Waals surface area contributed by atoms with Gasteiger partial charge in [-0.2, -0.15) is 15.8 Å². The van der Waals surface area contributed by atoms with Gasteiger partial charge >= 0.3 is 0 Å². The minimum Gasteiger partial charge on any atom is -0.493 e. The van der Waals surface area contributed by atoms with Crippen molar-refractivity contribution < 1.29 is 9.47 Å². The smallest absolute Gasteiger partial charge is 0.191 e. The second-order valence-corrected chi connectivity index (χ2v) is 8.07. The highest BCUT2D eigenvalue weighted by Crippen LogP contribution is 2.56. The Hall–Kier alpha value is -3.43. The van der Waals surface area contributed by atoms with Crippen LogP contribution in [-0.2, 0) is 0 Å². The van der Waals surface area contributed by atoms with E-state index >= 15 is 0 Å². The largest absolute Gasteiger partial charge is 0.493 e. The lowest BCUT2D eigenvalue weighted by molar-refractivity contribution is 0.283. The fourth-order valence-electron chi connectivity index (χ4n) is 4.78. The van der Waals surface area contributed by atoms with E-state index in [2.05, 4.69) is 25.1 Å². The third kappa shape index (κ3) is 3.85. The minimum absolute atomic E-state index is 0.0493. The molecule has 1 aromatic rings. The van der Waals surface area contributed by atoms with Gasteiger partial charge in [-0.25, -0.2) is 0 Å². The first-order chi connectivity index (χ1) is 15.1. The first-order valence-electron chi connectivity index (χ1n) is 10.8. The highest BCUT2D eigenvalue weighted by molar-refractivity contribution is 5.60. The zero-order valence-corrected chi connectivity index (χ0v) is 18.1. The number of nitrogens with zero attached hydrogens (tertiary/aromatic N) is 3. The first-order valence-corrected chi connectivity index (χ1v) is 10.8. The molecule has 160 valence electrons. The molecule has 0 unspecified atom stereocenters. The molecule has 0 aromatic heterocycles. The Kier molecular flexibility index (Phi) is 6.88. The Labute approximate surface area is 184 Å². The summed E-state index contributed by atoms with van der Waals surface area (Å²) in [7, 11) is 1.58. The van der Waals surface area contributed by atoms with E-state index in [9.17, 15) is 15.8 Å². The summed E-state index contributed by atoms with van der Waals surface area (Å²) in [6.45, 7) is 2.74. The van der Waals surface area contributed by atoms with Gasteiger partial charge < -0.3 is 15.2 Å². The number of allylic oxidation sites excluding steroid dienone is 4. The lowest BCUT2D eigenvalue weighted by Crippen LogP contribution is -2.42.